The Hall–Kier alpha value is -0.120. The Labute approximate surface area is 53.3 Å². The average molecular weight is 130 g/mol. The third-order valence-corrected chi connectivity index (χ3v) is 2.22. The molecule has 0 unspecified atom stereocenters. The van der Waals surface area contributed by atoms with Crippen molar-refractivity contribution >= 4 is 0 Å². The molecule has 1 saturated heterocycles. The third-order valence-electron chi connectivity index (χ3n) is 2.22. The van der Waals surface area contributed by atoms with Crippen LogP contribution in [0.25, 0.3) is 0 Å². The molecule has 9 heavy (non-hydrogen) atoms. The smallest absolute Gasteiger partial charge is 0.0917 e. The lowest BCUT2D eigenvalue weighted by atomic mass is 10.1. The van der Waals surface area contributed by atoms with E-state index in [0.717, 1.165) is 6.42 Å². The van der Waals surface area contributed by atoms with E-state index in [4.69, 9.17) is 14.9 Å². The molecule has 1 saturated carbocycles. The van der Waals surface area contributed by atoms with Gasteiger partial charge in [0.05, 0.1) is 24.9 Å². The summed E-state index contributed by atoms with van der Waals surface area (Å²) >= 11 is 0. The second-order valence-corrected chi connectivity index (χ2v) is 2.79. The van der Waals surface area contributed by atoms with E-state index in [1.165, 1.54) is 0 Å². The summed E-state index contributed by atoms with van der Waals surface area (Å²) in [5, 5.41) is 17.8. The van der Waals surface area contributed by atoms with Gasteiger partial charge in [-0.25, -0.2) is 0 Å². The van der Waals surface area contributed by atoms with Gasteiger partial charge in [0.2, 0.25) is 0 Å². The van der Waals surface area contributed by atoms with E-state index in [2.05, 4.69) is 0 Å². The van der Waals surface area contributed by atoms with Crippen molar-refractivity contribution in [2.24, 2.45) is 5.92 Å². The van der Waals surface area contributed by atoms with Crippen LogP contribution in [0, 0.1) is 5.92 Å². The molecule has 0 spiro atoms. The first kappa shape index (κ1) is 5.65. The van der Waals surface area contributed by atoms with Crippen molar-refractivity contribution in [1.82, 2.24) is 0 Å². The molecule has 3 nitrogen and oxygen atoms in total. The van der Waals surface area contributed by atoms with Gasteiger partial charge in [-0.2, -0.15) is 0 Å². The molecule has 2 N–H and O–H groups in total. The van der Waals surface area contributed by atoms with E-state index in [9.17, 15) is 0 Å². The maximum absolute atomic E-state index is 9.15. The van der Waals surface area contributed by atoms with Crippen molar-refractivity contribution in [1.29, 1.82) is 0 Å². The van der Waals surface area contributed by atoms with Crippen molar-refractivity contribution in [3.8, 4) is 0 Å². The zero-order chi connectivity index (χ0) is 6.43. The maximum Gasteiger partial charge on any atom is 0.0917 e. The Morgan fingerprint density at radius 1 is 1.56 bits per heavy atom. The van der Waals surface area contributed by atoms with Crippen LogP contribution in [0.2, 0.25) is 0 Å². The molecule has 2 fully saturated rings. The number of rotatable bonds is 1. The highest BCUT2D eigenvalue weighted by Crippen LogP contribution is 2.42. The molecule has 1 aliphatic heterocycles. The molecule has 0 bridgehead atoms. The minimum Gasteiger partial charge on any atom is -0.396 e. The molecule has 2 rings (SSSR count). The Balaban J connectivity index is 2.02. The Bertz CT molecular complexity index is 123. The highest BCUT2D eigenvalue weighted by atomic mass is 16.6. The summed E-state index contributed by atoms with van der Waals surface area (Å²) < 4.78 is 5.11. The highest BCUT2D eigenvalue weighted by Gasteiger charge is 2.54. The van der Waals surface area contributed by atoms with Crippen molar-refractivity contribution in [3.05, 3.63) is 0 Å². The number of ether oxygens (including phenoxy) is 1. The van der Waals surface area contributed by atoms with Crippen molar-refractivity contribution in [2.45, 2.75) is 24.7 Å². The van der Waals surface area contributed by atoms with E-state index in [0.29, 0.717) is 0 Å². The van der Waals surface area contributed by atoms with Gasteiger partial charge in [-0.3, -0.25) is 0 Å². The molecular weight excluding hydrogens is 120 g/mol. The summed E-state index contributed by atoms with van der Waals surface area (Å²) in [5.41, 5.74) is 0. The lowest BCUT2D eigenvalue weighted by molar-refractivity contribution is 0.0423. The molecule has 0 amide bonds. The number of hydrogen-bond donors (Lipinski definition) is 2. The molecule has 3 heteroatoms. The van der Waals surface area contributed by atoms with Gasteiger partial charge < -0.3 is 14.9 Å². The van der Waals surface area contributed by atoms with Crippen LogP contribution in [0.1, 0.15) is 6.42 Å². The quantitative estimate of drug-likeness (QED) is 0.453. The van der Waals surface area contributed by atoms with Gasteiger partial charge in [-0.05, 0) is 0 Å². The van der Waals surface area contributed by atoms with E-state index in [-0.39, 0.29) is 30.8 Å². The van der Waals surface area contributed by atoms with Crippen LogP contribution in [0.4, 0.5) is 0 Å². The Morgan fingerprint density at radius 2 is 2.33 bits per heavy atom. The second kappa shape index (κ2) is 1.68. The van der Waals surface area contributed by atoms with Crippen LogP contribution in [0.15, 0.2) is 0 Å². The van der Waals surface area contributed by atoms with Crippen LogP contribution in [-0.4, -0.2) is 35.1 Å². The SMILES string of the molecule is OC[C@@H]1[C@@H]2O[C@@H]2C[C@@H]1O. The predicted molar refractivity (Wildman–Crippen MR) is 29.9 cm³/mol. The summed E-state index contributed by atoms with van der Waals surface area (Å²) in [5.74, 6) is -0.00463. The first-order valence-electron chi connectivity index (χ1n) is 3.27. The molecule has 1 aliphatic carbocycles. The van der Waals surface area contributed by atoms with E-state index in [1.807, 2.05) is 0 Å². The van der Waals surface area contributed by atoms with Crippen LogP contribution < -0.4 is 0 Å². The molecule has 1 heterocycles. The van der Waals surface area contributed by atoms with Gasteiger partial charge in [0.1, 0.15) is 0 Å². The minimum atomic E-state index is -0.321. The van der Waals surface area contributed by atoms with Crippen LogP contribution >= 0.6 is 0 Å². The predicted octanol–water partition coefficient (Wildman–Crippen LogP) is -0.873. The summed E-state index contributed by atoms with van der Waals surface area (Å²) in [6.07, 6.45) is 0.830. The molecule has 2 aliphatic rings. The standard InChI is InChI=1S/C6H10O3/c7-2-3-4(8)1-5-6(3)9-5/h3-8H,1-2H2/t3-,4-,5+,6-/m0/s1. The largest absolute Gasteiger partial charge is 0.396 e. The van der Waals surface area contributed by atoms with E-state index in [1.54, 1.807) is 0 Å². The zero-order valence-corrected chi connectivity index (χ0v) is 5.03. The summed E-state index contributed by atoms with van der Waals surface area (Å²) in [4.78, 5) is 0. The summed E-state index contributed by atoms with van der Waals surface area (Å²) in [7, 11) is 0. The van der Waals surface area contributed by atoms with Gasteiger partial charge >= 0.3 is 0 Å². The minimum absolute atomic E-state index is 0.00463. The van der Waals surface area contributed by atoms with Gasteiger partial charge in [0.15, 0.2) is 0 Å². The number of epoxide rings is 1. The van der Waals surface area contributed by atoms with Gasteiger partial charge in [-0.15, -0.1) is 0 Å². The number of aliphatic hydroxyl groups excluding tert-OH is 2. The number of fused-ring (bicyclic) bond motifs is 1. The van der Waals surface area contributed by atoms with Crippen molar-refractivity contribution < 1.29 is 14.9 Å². The topological polar surface area (TPSA) is 53.0 Å². The first-order chi connectivity index (χ1) is 4.33. The summed E-state index contributed by atoms with van der Waals surface area (Å²) in [6, 6.07) is 0. The van der Waals surface area contributed by atoms with Gasteiger partial charge in [0, 0.05) is 12.3 Å². The molecule has 52 valence electrons. The lowest BCUT2D eigenvalue weighted by Crippen LogP contribution is -2.23. The molecule has 0 aromatic carbocycles. The fourth-order valence-electron chi connectivity index (χ4n) is 1.58. The van der Waals surface area contributed by atoms with Gasteiger partial charge in [0.25, 0.3) is 0 Å². The molecule has 0 aromatic rings. The third kappa shape index (κ3) is 0.689. The lowest BCUT2D eigenvalue weighted by Gasteiger charge is -2.12. The average Bonchev–Trinajstić information content (AvgIpc) is 2.45. The van der Waals surface area contributed by atoms with Crippen molar-refractivity contribution in [2.75, 3.05) is 6.61 Å². The fourth-order valence-corrected chi connectivity index (χ4v) is 1.58. The monoisotopic (exact) mass is 130 g/mol. The zero-order valence-electron chi connectivity index (χ0n) is 5.03. The number of aliphatic hydroxyl groups is 2. The Kier molecular flexibility index (Phi) is 1.06. The van der Waals surface area contributed by atoms with E-state index >= 15 is 0 Å². The number of hydrogen-bond acceptors (Lipinski definition) is 3. The first-order valence-corrected chi connectivity index (χ1v) is 3.27. The fraction of sp³-hybridized carbons (Fsp3) is 1.00. The highest BCUT2D eigenvalue weighted by molar-refractivity contribution is 5.02. The van der Waals surface area contributed by atoms with Crippen molar-refractivity contribution in [3.63, 3.8) is 0 Å². The Morgan fingerprint density at radius 3 is 2.67 bits per heavy atom. The van der Waals surface area contributed by atoms with Crippen LogP contribution in [0.5, 0.6) is 0 Å². The summed E-state index contributed by atoms with van der Waals surface area (Å²) in [6.45, 7) is 0.0579. The molecular formula is C6H10O3. The van der Waals surface area contributed by atoms with Crippen LogP contribution in [0.3, 0.4) is 0 Å². The molecule has 4 atom stereocenters. The van der Waals surface area contributed by atoms with E-state index < -0.39 is 0 Å². The maximum atomic E-state index is 9.15. The normalized spacial score (nSPS) is 55.3. The van der Waals surface area contributed by atoms with Crippen LogP contribution in [-0.2, 0) is 4.74 Å². The molecule has 0 radical (unpaired) electrons. The second-order valence-electron chi connectivity index (χ2n) is 2.79. The molecule has 0 aromatic heterocycles. The van der Waals surface area contributed by atoms with Gasteiger partial charge in [-0.1, -0.05) is 0 Å².